The van der Waals surface area contributed by atoms with E-state index in [1.807, 2.05) is 31.2 Å². The highest BCUT2D eigenvalue weighted by Crippen LogP contribution is 2.34. The van der Waals surface area contributed by atoms with Gasteiger partial charge in [-0.2, -0.15) is 4.98 Å². The third kappa shape index (κ3) is 3.37. The fraction of sp³-hybridized carbons (Fsp3) is 0.368. The Morgan fingerprint density at radius 3 is 2.73 bits per heavy atom. The summed E-state index contributed by atoms with van der Waals surface area (Å²) in [6.07, 6.45) is 5.01. The first-order valence-electron chi connectivity index (χ1n) is 8.85. The van der Waals surface area contributed by atoms with Gasteiger partial charge < -0.3 is 9.26 Å². The molecule has 1 aromatic carbocycles. The average molecular weight is 352 g/mol. The van der Waals surface area contributed by atoms with Crippen molar-refractivity contribution in [2.75, 3.05) is 6.61 Å². The van der Waals surface area contributed by atoms with E-state index < -0.39 is 0 Å². The minimum atomic E-state index is -0.0947. The van der Waals surface area contributed by atoms with Gasteiger partial charge in [0.2, 0.25) is 11.7 Å². The lowest BCUT2D eigenvalue weighted by molar-refractivity contribution is 0.340. The van der Waals surface area contributed by atoms with Crippen LogP contribution in [0.5, 0.6) is 5.75 Å². The minimum absolute atomic E-state index is 0.0947. The molecule has 1 saturated carbocycles. The standard InChI is InChI=1S/C19H20N4O3/c1-2-25-15-8-6-14(7-9-15)19-21-17(26-22-19)11-23-12-20-16(10-18(23)24)13-4-3-5-13/h6-10,12-13H,2-5,11H2,1H3. The zero-order valence-corrected chi connectivity index (χ0v) is 14.6. The van der Waals surface area contributed by atoms with Gasteiger partial charge >= 0.3 is 0 Å². The molecular weight excluding hydrogens is 332 g/mol. The molecule has 0 aliphatic heterocycles. The lowest BCUT2D eigenvalue weighted by Gasteiger charge is -2.24. The third-order valence-electron chi connectivity index (χ3n) is 4.62. The van der Waals surface area contributed by atoms with E-state index in [0.717, 1.165) is 29.8 Å². The van der Waals surface area contributed by atoms with E-state index in [1.54, 1.807) is 12.4 Å². The van der Waals surface area contributed by atoms with Gasteiger partial charge in [0.25, 0.3) is 5.56 Å². The first-order chi connectivity index (χ1) is 12.7. The Kier molecular flexibility index (Phi) is 4.51. The van der Waals surface area contributed by atoms with Gasteiger partial charge in [-0.25, -0.2) is 4.98 Å². The normalized spacial score (nSPS) is 14.2. The van der Waals surface area contributed by atoms with Crippen molar-refractivity contribution in [2.24, 2.45) is 0 Å². The first-order valence-corrected chi connectivity index (χ1v) is 8.85. The van der Waals surface area contributed by atoms with Crippen LogP contribution in [0.1, 0.15) is 43.7 Å². The molecule has 0 N–H and O–H groups in total. The van der Waals surface area contributed by atoms with Crippen molar-refractivity contribution >= 4 is 0 Å². The predicted molar refractivity (Wildman–Crippen MR) is 95.1 cm³/mol. The summed E-state index contributed by atoms with van der Waals surface area (Å²) in [6.45, 7) is 2.77. The van der Waals surface area contributed by atoms with Gasteiger partial charge in [-0.15, -0.1) is 0 Å². The fourth-order valence-corrected chi connectivity index (χ4v) is 2.93. The molecule has 26 heavy (non-hydrogen) atoms. The molecule has 0 spiro atoms. The van der Waals surface area contributed by atoms with E-state index in [2.05, 4.69) is 15.1 Å². The molecule has 2 heterocycles. The quantitative estimate of drug-likeness (QED) is 0.678. The van der Waals surface area contributed by atoms with Crippen LogP contribution in [-0.2, 0) is 6.54 Å². The molecule has 1 aliphatic rings. The van der Waals surface area contributed by atoms with Gasteiger partial charge in [-0.3, -0.25) is 9.36 Å². The molecular formula is C19H20N4O3. The zero-order chi connectivity index (χ0) is 17.9. The number of hydrogen-bond donors (Lipinski definition) is 0. The monoisotopic (exact) mass is 352 g/mol. The van der Waals surface area contributed by atoms with Crippen molar-refractivity contribution in [1.29, 1.82) is 0 Å². The Bertz CT molecular complexity index is 942. The summed E-state index contributed by atoms with van der Waals surface area (Å²) in [4.78, 5) is 21.1. The summed E-state index contributed by atoms with van der Waals surface area (Å²) in [6, 6.07) is 9.10. The summed E-state index contributed by atoms with van der Waals surface area (Å²) < 4.78 is 12.2. The maximum atomic E-state index is 12.3. The van der Waals surface area contributed by atoms with Crippen molar-refractivity contribution < 1.29 is 9.26 Å². The van der Waals surface area contributed by atoms with Crippen LogP contribution in [0.15, 0.2) is 46.0 Å². The molecule has 0 saturated heterocycles. The lowest BCUT2D eigenvalue weighted by atomic mass is 9.83. The number of rotatable bonds is 6. The topological polar surface area (TPSA) is 83.0 Å². The summed E-state index contributed by atoms with van der Waals surface area (Å²) in [7, 11) is 0. The number of hydrogen-bond acceptors (Lipinski definition) is 6. The largest absolute Gasteiger partial charge is 0.494 e. The van der Waals surface area contributed by atoms with E-state index in [-0.39, 0.29) is 12.1 Å². The number of nitrogens with zero attached hydrogens (tertiary/aromatic N) is 4. The van der Waals surface area contributed by atoms with E-state index in [4.69, 9.17) is 9.26 Å². The van der Waals surface area contributed by atoms with E-state index in [1.165, 1.54) is 11.0 Å². The molecule has 0 atom stereocenters. The molecule has 1 aliphatic carbocycles. The Labute approximate surface area is 150 Å². The Balaban J connectivity index is 1.48. The Morgan fingerprint density at radius 2 is 2.08 bits per heavy atom. The molecule has 0 unspecified atom stereocenters. The van der Waals surface area contributed by atoms with Gasteiger partial charge in [0.1, 0.15) is 12.3 Å². The SMILES string of the molecule is CCOc1ccc(-c2noc(Cn3cnc(C4CCC4)cc3=O)n2)cc1. The molecule has 1 fully saturated rings. The van der Waals surface area contributed by atoms with E-state index >= 15 is 0 Å². The number of benzene rings is 1. The second-order valence-electron chi connectivity index (χ2n) is 6.38. The molecule has 7 nitrogen and oxygen atoms in total. The molecule has 4 rings (SSSR count). The van der Waals surface area contributed by atoms with Crippen LogP contribution < -0.4 is 10.3 Å². The molecule has 7 heteroatoms. The molecule has 134 valence electrons. The van der Waals surface area contributed by atoms with E-state index in [9.17, 15) is 4.79 Å². The van der Waals surface area contributed by atoms with Crippen molar-refractivity contribution in [3.63, 3.8) is 0 Å². The maximum Gasteiger partial charge on any atom is 0.254 e. The zero-order valence-electron chi connectivity index (χ0n) is 14.6. The second kappa shape index (κ2) is 7.11. The molecule has 2 aromatic heterocycles. The van der Waals surface area contributed by atoms with Crippen LogP contribution in [-0.4, -0.2) is 26.3 Å². The summed E-state index contributed by atoms with van der Waals surface area (Å²) >= 11 is 0. The average Bonchev–Trinajstić information content (AvgIpc) is 3.05. The highest BCUT2D eigenvalue weighted by Gasteiger charge is 2.21. The van der Waals surface area contributed by atoms with Crippen LogP contribution in [0.3, 0.4) is 0 Å². The number of ether oxygens (including phenoxy) is 1. The summed E-state index contributed by atoms with van der Waals surface area (Å²) in [5, 5.41) is 3.99. The summed E-state index contributed by atoms with van der Waals surface area (Å²) in [5.41, 5.74) is 1.62. The van der Waals surface area contributed by atoms with Gasteiger partial charge in [0.15, 0.2) is 0 Å². The minimum Gasteiger partial charge on any atom is -0.494 e. The molecule has 0 bridgehead atoms. The summed E-state index contributed by atoms with van der Waals surface area (Å²) in [5.74, 6) is 2.08. The van der Waals surface area contributed by atoms with Gasteiger partial charge in [-0.05, 0) is 44.0 Å². The molecule has 0 radical (unpaired) electrons. The Morgan fingerprint density at radius 1 is 1.27 bits per heavy atom. The van der Waals surface area contributed by atoms with Crippen molar-refractivity contribution in [2.45, 2.75) is 38.6 Å². The van der Waals surface area contributed by atoms with E-state index in [0.29, 0.717) is 24.2 Å². The maximum absolute atomic E-state index is 12.3. The Hall–Kier alpha value is -2.96. The predicted octanol–water partition coefficient (Wildman–Crippen LogP) is 3.01. The highest BCUT2D eigenvalue weighted by atomic mass is 16.5. The van der Waals surface area contributed by atoms with Crippen LogP contribution in [0.25, 0.3) is 11.4 Å². The third-order valence-corrected chi connectivity index (χ3v) is 4.62. The lowest BCUT2D eigenvalue weighted by Crippen LogP contribution is -2.23. The highest BCUT2D eigenvalue weighted by molar-refractivity contribution is 5.55. The van der Waals surface area contributed by atoms with Crippen molar-refractivity contribution in [3.05, 3.63) is 58.6 Å². The van der Waals surface area contributed by atoms with Gasteiger partial charge in [-0.1, -0.05) is 11.6 Å². The first kappa shape index (κ1) is 16.5. The van der Waals surface area contributed by atoms with Gasteiger partial charge in [0.05, 0.1) is 18.6 Å². The fourth-order valence-electron chi connectivity index (χ4n) is 2.93. The molecule has 3 aromatic rings. The van der Waals surface area contributed by atoms with Crippen LogP contribution in [0.2, 0.25) is 0 Å². The molecule has 0 amide bonds. The number of aromatic nitrogens is 4. The van der Waals surface area contributed by atoms with Crippen LogP contribution in [0.4, 0.5) is 0 Å². The van der Waals surface area contributed by atoms with Crippen LogP contribution >= 0.6 is 0 Å². The van der Waals surface area contributed by atoms with Gasteiger partial charge in [0, 0.05) is 17.5 Å². The van der Waals surface area contributed by atoms with Crippen LogP contribution in [0, 0.1) is 0 Å². The smallest absolute Gasteiger partial charge is 0.254 e. The second-order valence-corrected chi connectivity index (χ2v) is 6.38. The van der Waals surface area contributed by atoms with Crippen molar-refractivity contribution in [1.82, 2.24) is 19.7 Å². The van der Waals surface area contributed by atoms with Crippen molar-refractivity contribution in [3.8, 4) is 17.1 Å².